The molecule has 2 aliphatic rings. The van der Waals surface area contributed by atoms with E-state index in [9.17, 15) is 0 Å². The van der Waals surface area contributed by atoms with E-state index in [0.717, 1.165) is 0 Å². The Labute approximate surface area is 68.6 Å². The Morgan fingerprint density at radius 2 is 1.82 bits per heavy atom. The van der Waals surface area contributed by atoms with Gasteiger partial charge >= 0.3 is 0 Å². The van der Waals surface area contributed by atoms with Gasteiger partial charge < -0.3 is 4.85 Å². The minimum atomic E-state index is 0.0278. The first-order chi connectivity index (χ1) is 4.97. The predicted molar refractivity (Wildman–Crippen MR) is 45.1 cm³/mol. The lowest BCUT2D eigenvalue weighted by atomic mass is 9.82. The van der Waals surface area contributed by atoms with Gasteiger partial charge in [-0.25, -0.2) is 6.57 Å². The highest BCUT2D eigenvalue weighted by molar-refractivity contribution is 5.37. The molecule has 0 saturated heterocycles. The molecule has 2 saturated carbocycles. The second-order valence-electron chi connectivity index (χ2n) is 5.18. The summed E-state index contributed by atoms with van der Waals surface area (Å²) in [5.41, 5.74) is 0.720. The Bertz CT molecular complexity index is 237. The van der Waals surface area contributed by atoms with Crippen LogP contribution in [0.25, 0.3) is 4.85 Å². The molecule has 2 rings (SSSR count). The third-order valence-corrected chi connectivity index (χ3v) is 3.63. The van der Waals surface area contributed by atoms with Crippen molar-refractivity contribution in [2.75, 3.05) is 0 Å². The van der Waals surface area contributed by atoms with Crippen molar-refractivity contribution in [2.24, 2.45) is 10.8 Å². The Morgan fingerprint density at radius 3 is 1.91 bits per heavy atom. The van der Waals surface area contributed by atoms with Crippen molar-refractivity contribution in [3.05, 3.63) is 11.4 Å². The quantitative estimate of drug-likeness (QED) is 0.466. The van der Waals surface area contributed by atoms with Crippen LogP contribution in [0.15, 0.2) is 0 Å². The van der Waals surface area contributed by atoms with E-state index in [1.54, 1.807) is 0 Å². The minimum absolute atomic E-state index is 0.0278. The summed E-state index contributed by atoms with van der Waals surface area (Å²) in [5, 5.41) is 0. The smallest absolute Gasteiger partial charge is 0.243 e. The lowest BCUT2D eigenvalue weighted by Gasteiger charge is -2.21. The molecule has 0 amide bonds. The Morgan fingerprint density at radius 1 is 1.27 bits per heavy atom. The summed E-state index contributed by atoms with van der Waals surface area (Å²) in [7, 11) is 0. The first kappa shape index (κ1) is 7.16. The van der Waals surface area contributed by atoms with Crippen LogP contribution in [0.1, 0.15) is 40.0 Å². The molecular formula is C10H15N. The molecule has 60 valence electrons. The number of hydrogen-bond acceptors (Lipinski definition) is 0. The maximum Gasteiger partial charge on any atom is 0.243 e. The highest BCUT2D eigenvalue weighted by Gasteiger charge is 2.85. The zero-order chi connectivity index (χ0) is 8.33. The van der Waals surface area contributed by atoms with Crippen molar-refractivity contribution >= 4 is 0 Å². The summed E-state index contributed by atoms with van der Waals surface area (Å²) in [6.45, 7) is 13.9. The Balaban J connectivity index is 2.30. The third kappa shape index (κ3) is 0.612. The molecule has 0 heterocycles. The van der Waals surface area contributed by atoms with Crippen LogP contribution in [0, 0.1) is 17.4 Å². The molecule has 1 spiro atoms. The van der Waals surface area contributed by atoms with Crippen LogP contribution >= 0.6 is 0 Å². The van der Waals surface area contributed by atoms with Gasteiger partial charge in [-0.15, -0.1) is 0 Å². The molecule has 11 heavy (non-hydrogen) atoms. The molecule has 0 aromatic rings. The summed E-state index contributed by atoms with van der Waals surface area (Å²) >= 11 is 0. The highest BCUT2D eigenvalue weighted by Crippen LogP contribution is 2.79. The largest absolute Gasteiger partial charge is 0.309 e. The first-order valence-electron chi connectivity index (χ1n) is 4.36. The van der Waals surface area contributed by atoms with Crippen LogP contribution in [0.4, 0.5) is 0 Å². The second kappa shape index (κ2) is 1.48. The van der Waals surface area contributed by atoms with Crippen LogP contribution in [0.3, 0.4) is 0 Å². The van der Waals surface area contributed by atoms with Crippen molar-refractivity contribution in [2.45, 2.75) is 45.6 Å². The molecule has 0 N–H and O–H groups in total. The standard InChI is InChI=1S/C10H15N/c1-8(2,3)10(11-4)7-9(10)5-6-9/h5-7H2,1-3H3. The van der Waals surface area contributed by atoms with Crippen LogP contribution < -0.4 is 0 Å². The molecule has 0 aromatic carbocycles. The van der Waals surface area contributed by atoms with E-state index in [-0.39, 0.29) is 11.0 Å². The summed E-state index contributed by atoms with van der Waals surface area (Å²) in [4.78, 5) is 3.87. The van der Waals surface area contributed by atoms with Gasteiger partial charge in [0.2, 0.25) is 5.54 Å². The van der Waals surface area contributed by atoms with Gasteiger partial charge in [0.1, 0.15) is 0 Å². The lowest BCUT2D eigenvalue weighted by molar-refractivity contribution is 0.315. The average molecular weight is 149 g/mol. The van der Waals surface area contributed by atoms with Gasteiger partial charge in [-0.05, 0) is 12.8 Å². The second-order valence-corrected chi connectivity index (χ2v) is 5.18. The van der Waals surface area contributed by atoms with Gasteiger partial charge in [-0.3, -0.25) is 0 Å². The maximum atomic E-state index is 7.24. The van der Waals surface area contributed by atoms with Gasteiger partial charge in [0, 0.05) is 11.8 Å². The summed E-state index contributed by atoms with van der Waals surface area (Å²) < 4.78 is 0. The Hall–Kier alpha value is -0.510. The van der Waals surface area contributed by atoms with Crippen LogP contribution in [-0.4, -0.2) is 5.54 Å². The first-order valence-corrected chi connectivity index (χ1v) is 4.36. The topological polar surface area (TPSA) is 4.36 Å². The molecule has 1 nitrogen and oxygen atoms in total. The number of nitrogens with zero attached hydrogens (tertiary/aromatic N) is 1. The minimum Gasteiger partial charge on any atom is -0.309 e. The molecule has 0 radical (unpaired) electrons. The van der Waals surface area contributed by atoms with Crippen LogP contribution in [-0.2, 0) is 0 Å². The molecule has 0 aliphatic heterocycles. The number of rotatable bonds is 0. The third-order valence-electron chi connectivity index (χ3n) is 3.63. The maximum absolute atomic E-state index is 7.24. The molecule has 0 bridgehead atoms. The normalized spacial score (nSPS) is 38.4. The van der Waals surface area contributed by atoms with E-state index in [0.29, 0.717) is 5.41 Å². The van der Waals surface area contributed by atoms with E-state index in [2.05, 4.69) is 25.6 Å². The molecule has 1 heteroatoms. The predicted octanol–water partition coefficient (Wildman–Crippen LogP) is 2.87. The van der Waals surface area contributed by atoms with Crippen molar-refractivity contribution in [1.29, 1.82) is 0 Å². The molecule has 2 aliphatic carbocycles. The fourth-order valence-electron chi connectivity index (χ4n) is 2.57. The van der Waals surface area contributed by atoms with E-state index in [1.807, 2.05) is 0 Å². The highest BCUT2D eigenvalue weighted by atomic mass is 15.0. The van der Waals surface area contributed by atoms with E-state index in [1.165, 1.54) is 19.3 Å². The summed E-state index contributed by atoms with van der Waals surface area (Å²) in [6.07, 6.45) is 3.80. The number of hydrogen-bond donors (Lipinski definition) is 0. The van der Waals surface area contributed by atoms with E-state index < -0.39 is 0 Å². The molecular weight excluding hydrogens is 134 g/mol. The molecule has 1 atom stereocenters. The van der Waals surface area contributed by atoms with Crippen LogP contribution in [0.5, 0.6) is 0 Å². The van der Waals surface area contributed by atoms with Crippen molar-refractivity contribution in [1.82, 2.24) is 0 Å². The SMILES string of the molecule is [C-]#[N+]C1(C(C)(C)C)CC12CC2. The van der Waals surface area contributed by atoms with Gasteiger partial charge in [0.25, 0.3) is 0 Å². The fourth-order valence-corrected chi connectivity index (χ4v) is 2.57. The zero-order valence-corrected chi connectivity index (χ0v) is 7.57. The van der Waals surface area contributed by atoms with E-state index >= 15 is 0 Å². The fraction of sp³-hybridized carbons (Fsp3) is 0.900. The average Bonchev–Trinajstić information content (AvgIpc) is 2.72. The zero-order valence-electron chi connectivity index (χ0n) is 7.57. The van der Waals surface area contributed by atoms with Gasteiger partial charge in [-0.1, -0.05) is 20.8 Å². The van der Waals surface area contributed by atoms with Gasteiger partial charge in [-0.2, -0.15) is 0 Å². The van der Waals surface area contributed by atoms with Crippen molar-refractivity contribution in [3.8, 4) is 0 Å². The van der Waals surface area contributed by atoms with Crippen LogP contribution in [0.2, 0.25) is 0 Å². The summed E-state index contributed by atoms with van der Waals surface area (Å²) in [5.74, 6) is 0. The molecule has 1 unspecified atom stereocenters. The molecule has 0 aromatic heterocycles. The lowest BCUT2D eigenvalue weighted by Crippen LogP contribution is -2.27. The van der Waals surface area contributed by atoms with Gasteiger partial charge in [0.15, 0.2) is 0 Å². The van der Waals surface area contributed by atoms with Crippen molar-refractivity contribution < 1.29 is 0 Å². The summed E-state index contributed by atoms with van der Waals surface area (Å²) in [6, 6.07) is 0. The Kier molecular flexibility index (Phi) is 0.964. The van der Waals surface area contributed by atoms with Gasteiger partial charge in [0.05, 0.1) is 5.41 Å². The van der Waals surface area contributed by atoms with E-state index in [4.69, 9.17) is 6.57 Å². The van der Waals surface area contributed by atoms with Crippen molar-refractivity contribution in [3.63, 3.8) is 0 Å². The molecule has 2 fully saturated rings. The monoisotopic (exact) mass is 149 g/mol.